The molecule has 0 spiro atoms. The maximum atomic E-state index is 11.0. The molecule has 2 aromatic rings. The molecule has 3 rings (SSSR count). The fraction of sp³-hybridized carbons (Fsp3) is 0.280. The molecule has 0 saturated heterocycles. The molecule has 5 heteroatoms. The molecule has 0 radical (unpaired) electrons. The third kappa shape index (κ3) is 4.69. The molecule has 0 bridgehead atoms. The van der Waals surface area contributed by atoms with Crippen molar-refractivity contribution in [2.24, 2.45) is 0 Å². The zero-order valence-corrected chi connectivity index (χ0v) is 19.2. The van der Waals surface area contributed by atoms with E-state index >= 15 is 0 Å². The lowest BCUT2D eigenvalue weighted by atomic mass is 9.92. The average Bonchev–Trinajstić information content (AvgIpc) is 2.69. The summed E-state index contributed by atoms with van der Waals surface area (Å²) in [7, 11) is 0. The minimum atomic E-state index is 0.0802. The van der Waals surface area contributed by atoms with E-state index in [1.807, 2.05) is 52.0 Å². The van der Waals surface area contributed by atoms with Crippen molar-refractivity contribution in [3.05, 3.63) is 79.9 Å². The molecular formula is C25H26Cl2O3. The smallest absolute Gasteiger partial charge is 0.141 e. The zero-order chi connectivity index (χ0) is 22.0. The fourth-order valence-electron chi connectivity index (χ4n) is 3.35. The largest absolute Gasteiger partial charge is 0.507 e. The van der Waals surface area contributed by atoms with Gasteiger partial charge in [0, 0.05) is 28.7 Å². The molecule has 1 aliphatic heterocycles. The third-order valence-electron chi connectivity index (χ3n) is 5.03. The van der Waals surface area contributed by atoms with Crippen LogP contribution in [0.5, 0.6) is 17.2 Å². The van der Waals surface area contributed by atoms with Crippen molar-refractivity contribution in [3.8, 4) is 17.2 Å². The fourth-order valence-corrected chi connectivity index (χ4v) is 3.65. The van der Waals surface area contributed by atoms with E-state index in [1.165, 1.54) is 0 Å². The van der Waals surface area contributed by atoms with E-state index in [0.717, 1.165) is 16.7 Å². The number of halogens is 2. The first kappa shape index (κ1) is 22.3. The second-order valence-corrected chi connectivity index (χ2v) is 8.75. The first-order valence-electron chi connectivity index (χ1n) is 9.87. The molecule has 0 aromatic heterocycles. The minimum Gasteiger partial charge on any atom is -0.507 e. The van der Waals surface area contributed by atoms with Gasteiger partial charge in [-0.3, -0.25) is 0 Å². The Labute approximate surface area is 187 Å². The predicted octanol–water partition coefficient (Wildman–Crippen LogP) is 7.40. The van der Waals surface area contributed by atoms with Crippen LogP contribution in [0, 0.1) is 0 Å². The quantitative estimate of drug-likeness (QED) is 0.472. The normalized spacial score (nSPS) is 12.5. The Morgan fingerprint density at radius 3 is 2.17 bits per heavy atom. The number of aromatic hydroxyl groups is 2. The van der Waals surface area contributed by atoms with Gasteiger partial charge in [-0.25, -0.2) is 0 Å². The van der Waals surface area contributed by atoms with Crippen LogP contribution in [0.2, 0.25) is 10.0 Å². The van der Waals surface area contributed by atoms with Crippen LogP contribution < -0.4 is 4.74 Å². The molecule has 3 nitrogen and oxygen atoms in total. The number of phenolic OH excluding ortho intramolecular Hbond substituents is 2. The summed E-state index contributed by atoms with van der Waals surface area (Å²) in [6.45, 7) is 8.00. The Morgan fingerprint density at radius 2 is 1.57 bits per heavy atom. The SMILES string of the molecule is CC(C)=CCc1c(O)c(CC=C(C)C)c2c(c1O)CC=C(c1ccc(Cl)c(Cl)c1)O2. The first-order valence-corrected chi connectivity index (χ1v) is 10.6. The molecule has 0 fully saturated rings. The van der Waals surface area contributed by atoms with Crippen LogP contribution in [0.4, 0.5) is 0 Å². The lowest BCUT2D eigenvalue weighted by molar-refractivity contribution is 0.414. The van der Waals surface area contributed by atoms with Crippen LogP contribution in [0.25, 0.3) is 5.76 Å². The van der Waals surface area contributed by atoms with Gasteiger partial charge in [-0.1, -0.05) is 46.5 Å². The number of hydrogen-bond acceptors (Lipinski definition) is 3. The molecule has 0 saturated carbocycles. The van der Waals surface area contributed by atoms with Crippen molar-refractivity contribution in [3.63, 3.8) is 0 Å². The van der Waals surface area contributed by atoms with E-state index in [0.29, 0.717) is 57.5 Å². The van der Waals surface area contributed by atoms with Gasteiger partial charge < -0.3 is 14.9 Å². The number of hydrogen-bond donors (Lipinski definition) is 2. The summed E-state index contributed by atoms with van der Waals surface area (Å²) in [5.41, 5.74) is 4.93. The minimum absolute atomic E-state index is 0.0802. The molecular weight excluding hydrogens is 419 g/mol. The van der Waals surface area contributed by atoms with Crippen molar-refractivity contribution in [2.45, 2.75) is 47.0 Å². The zero-order valence-electron chi connectivity index (χ0n) is 17.6. The van der Waals surface area contributed by atoms with Gasteiger partial charge in [0.1, 0.15) is 23.0 Å². The molecule has 1 heterocycles. The summed E-state index contributed by atoms with van der Waals surface area (Å²) in [5, 5.41) is 22.9. The van der Waals surface area contributed by atoms with Crippen LogP contribution >= 0.6 is 23.2 Å². The topological polar surface area (TPSA) is 49.7 Å². The average molecular weight is 445 g/mol. The first-order chi connectivity index (χ1) is 14.2. The molecule has 0 amide bonds. The molecule has 1 aliphatic rings. The van der Waals surface area contributed by atoms with E-state index in [4.69, 9.17) is 27.9 Å². The number of fused-ring (bicyclic) bond motifs is 1. The van der Waals surface area contributed by atoms with Gasteiger partial charge >= 0.3 is 0 Å². The summed E-state index contributed by atoms with van der Waals surface area (Å²) >= 11 is 12.2. The highest BCUT2D eigenvalue weighted by Crippen LogP contribution is 2.47. The molecule has 0 aliphatic carbocycles. The summed E-state index contributed by atoms with van der Waals surface area (Å²) in [6.07, 6.45) is 7.39. The van der Waals surface area contributed by atoms with Crippen LogP contribution in [0.3, 0.4) is 0 Å². The van der Waals surface area contributed by atoms with Gasteiger partial charge in [0.15, 0.2) is 0 Å². The highest BCUT2D eigenvalue weighted by molar-refractivity contribution is 6.42. The number of rotatable bonds is 5. The van der Waals surface area contributed by atoms with Gasteiger partial charge in [-0.15, -0.1) is 0 Å². The molecule has 2 N–H and O–H groups in total. The Morgan fingerprint density at radius 1 is 0.933 bits per heavy atom. The lowest BCUT2D eigenvalue weighted by Crippen LogP contribution is -2.09. The van der Waals surface area contributed by atoms with Crippen LogP contribution in [0.1, 0.15) is 49.9 Å². The number of ether oxygens (including phenoxy) is 1. The lowest BCUT2D eigenvalue weighted by Gasteiger charge is -2.25. The highest BCUT2D eigenvalue weighted by Gasteiger charge is 2.27. The standard InChI is InChI=1S/C25H26Cl2O3/c1-14(2)5-8-17-23(28)18(9-6-15(3)4)25-19(24(17)29)10-12-22(30-25)16-7-11-20(26)21(27)13-16/h5-7,11-13,28-29H,8-10H2,1-4H3. The molecule has 2 aromatic carbocycles. The molecule has 0 atom stereocenters. The molecule has 30 heavy (non-hydrogen) atoms. The monoisotopic (exact) mass is 444 g/mol. The Kier molecular flexibility index (Phi) is 6.84. The van der Waals surface area contributed by atoms with Crippen molar-refractivity contribution in [1.29, 1.82) is 0 Å². The summed E-state index contributed by atoms with van der Waals surface area (Å²) in [5.74, 6) is 1.30. The van der Waals surface area contributed by atoms with Crippen LogP contribution in [-0.4, -0.2) is 10.2 Å². The van der Waals surface area contributed by atoms with Crippen molar-refractivity contribution in [2.75, 3.05) is 0 Å². The summed E-state index contributed by atoms with van der Waals surface area (Å²) in [6, 6.07) is 5.31. The number of phenols is 2. The van der Waals surface area contributed by atoms with Crippen molar-refractivity contribution >= 4 is 29.0 Å². The van der Waals surface area contributed by atoms with Crippen molar-refractivity contribution in [1.82, 2.24) is 0 Å². The maximum absolute atomic E-state index is 11.0. The van der Waals surface area contributed by atoms with Crippen LogP contribution in [-0.2, 0) is 19.3 Å². The Balaban J connectivity index is 2.11. The van der Waals surface area contributed by atoms with E-state index in [9.17, 15) is 10.2 Å². The Bertz CT molecular complexity index is 1070. The van der Waals surface area contributed by atoms with Crippen LogP contribution in [0.15, 0.2) is 47.6 Å². The van der Waals surface area contributed by atoms with Gasteiger partial charge in [0.2, 0.25) is 0 Å². The van der Waals surface area contributed by atoms with E-state index < -0.39 is 0 Å². The predicted molar refractivity (Wildman–Crippen MR) is 125 cm³/mol. The van der Waals surface area contributed by atoms with Gasteiger partial charge in [-0.2, -0.15) is 0 Å². The highest BCUT2D eigenvalue weighted by atomic mass is 35.5. The summed E-state index contributed by atoms with van der Waals surface area (Å²) < 4.78 is 6.21. The van der Waals surface area contributed by atoms with E-state index in [1.54, 1.807) is 12.1 Å². The van der Waals surface area contributed by atoms with Gasteiger partial charge in [-0.05, 0) is 64.8 Å². The third-order valence-corrected chi connectivity index (χ3v) is 5.77. The molecule has 158 valence electrons. The summed E-state index contributed by atoms with van der Waals surface area (Å²) in [4.78, 5) is 0. The van der Waals surface area contributed by atoms with Crippen molar-refractivity contribution < 1.29 is 14.9 Å². The maximum Gasteiger partial charge on any atom is 0.141 e. The number of benzene rings is 2. The van der Waals surface area contributed by atoms with Gasteiger partial charge in [0.05, 0.1) is 10.0 Å². The Hall–Kier alpha value is -2.36. The second kappa shape index (κ2) is 9.20. The van der Waals surface area contributed by atoms with Gasteiger partial charge in [0.25, 0.3) is 0 Å². The van der Waals surface area contributed by atoms with E-state index in [2.05, 4.69) is 0 Å². The van der Waals surface area contributed by atoms with E-state index in [-0.39, 0.29) is 11.5 Å². The molecule has 0 unspecified atom stereocenters. The second-order valence-electron chi connectivity index (χ2n) is 7.94. The number of allylic oxidation sites excluding steroid dienone is 5.